The van der Waals surface area contributed by atoms with Gasteiger partial charge >= 0.3 is 0 Å². The summed E-state index contributed by atoms with van der Waals surface area (Å²) in [6, 6.07) is 8.31. The maximum absolute atomic E-state index is 14.5. The molecule has 2 N–H and O–H groups in total. The molecule has 22 heteroatoms. The molecule has 0 radical (unpaired) electrons. The van der Waals surface area contributed by atoms with Gasteiger partial charge in [0.25, 0.3) is 5.91 Å². The molecule has 6 amide bonds. The van der Waals surface area contributed by atoms with Crippen molar-refractivity contribution in [2.24, 2.45) is 0 Å². The monoisotopic (exact) mass is 1310 g/mol. The van der Waals surface area contributed by atoms with Crippen molar-refractivity contribution in [2.45, 2.75) is 194 Å². The lowest BCUT2D eigenvalue weighted by molar-refractivity contribution is -0.135. The number of hydrogen-bond acceptors (Lipinski definition) is 13. The summed E-state index contributed by atoms with van der Waals surface area (Å²) in [7, 11) is 3.57. The quantitative estimate of drug-likeness (QED) is 0.0504. The van der Waals surface area contributed by atoms with Crippen molar-refractivity contribution in [3.63, 3.8) is 0 Å². The second-order valence-corrected chi connectivity index (χ2v) is 26.2. The predicted octanol–water partition coefficient (Wildman–Crippen LogP) is 11.2. The highest BCUT2D eigenvalue weighted by Crippen LogP contribution is 2.35. The Labute approximate surface area is 554 Å². The van der Waals surface area contributed by atoms with Crippen LogP contribution in [0, 0.1) is 5.82 Å². The number of unbranched alkanes of at least 4 members (excludes halogenated alkanes) is 15. The number of hydrogen-bond donors (Lipinski definition) is 2. The van der Waals surface area contributed by atoms with Crippen LogP contribution in [-0.4, -0.2) is 209 Å². The zero-order valence-corrected chi connectivity index (χ0v) is 58.0. The van der Waals surface area contributed by atoms with E-state index in [9.17, 15) is 33.2 Å². The molecule has 0 aliphatic carbocycles. The lowest BCUT2D eigenvalue weighted by atomic mass is 9.97. The first-order valence-electron chi connectivity index (χ1n) is 34.3. The first kappa shape index (κ1) is 79.1. The van der Waals surface area contributed by atoms with Gasteiger partial charge in [0.1, 0.15) is 17.2 Å². The molecule has 3 aromatic rings. The van der Waals surface area contributed by atoms with Crippen LogP contribution in [0.25, 0.3) is 22.2 Å². The van der Waals surface area contributed by atoms with Gasteiger partial charge in [-0.1, -0.05) is 114 Å². The van der Waals surface area contributed by atoms with Crippen molar-refractivity contribution in [1.82, 2.24) is 39.8 Å². The van der Waals surface area contributed by atoms with Crippen LogP contribution >= 0.6 is 11.6 Å². The van der Waals surface area contributed by atoms with Gasteiger partial charge in [-0.3, -0.25) is 28.8 Å². The number of carbonyl (C=O) groups excluding carboxylic acids is 6. The smallest absolute Gasteiger partial charge is 0.273 e. The van der Waals surface area contributed by atoms with Crippen LogP contribution in [0.1, 0.15) is 193 Å². The number of rotatable bonds is 50. The molecule has 520 valence electrons. The van der Waals surface area contributed by atoms with E-state index in [-0.39, 0.29) is 65.5 Å². The molecule has 4 rings (SSSR count). The van der Waals surface area contributed by atoms with E-state index in [1.165, 1.54) is 82.8 Å². The summed E-state index contributed by atoms with van der Waals surface area (Å²) in [5.41, 5.74) is 1.37. The number of nitrogens with zero attached hydrogens (tertiary/aromatic N) is 6. The highest BCUT2D eigenvalue weighted by Gasteiger charge is 2.39. The third kappa shape index (κ3) is 31.3. The lowest BCUT2D eigenvalue weighted by Crippen LogP contribution is -2.62. The standard InChI is InChI=1S/C70H114ClFN8O12/c1-9-10-11-12-13-14-15-16-17-18-19-20-24-27-64(83)76(7)37-38-77(8)65(84)34-42-88-46-50-92-52-48-90-44-36-74-63(82)33-41-87-45-49-91-51-47-89-43-35-73-62(81)26-23-21-22-25-28-66(85)78-39-40-79(70(5,6)55-78)68(86)61-32-30-57-58(56-29-31-59(71)60(72)53-56)54-80(67(57)75-61)69(2,3)4/h29-32,53-54H,9-28,33-52,55H2,1-8H3,(H,73,81)(H,74,82). The van der Waals surface area contributed by atoms with Crippen molar-refractivity contribution in [3.05, 3.63) is 53.1 Å². The van der Waals surface area contributed by atoms with Gasteiger partial charge < -0.3 is 63.2 Å². The van der Waals surface area contributed by atoms with Crippen molar-refractivity contribution < 1.29 is 61.6 Å². The Morgan fingerprint density at radius 2 is 1.05 bits per heavy atom. The maximum Gasteiger partial charge on any atom is 0.273 e. The Morgan fingerprint density at radius 1 is 0.587 bits per heavy atom. The molecule has 1 aromatic carbocycles. The van der Waals surface area contributed by atoms with Crippen LogP contribution in [0.15, 0.2) is 36.5 Å². The Morgan fingerprint density at radius 3 is 1.58 bits per heavy atom. The second kappa shape index (κ2) is 45.2. The van der Waals surface area contributed by atoms with Gasteiger partial charge in [-0.15, -0.1) is 0 Å². The van der Waals surface area contributed by atoms with Crippen molar-refractivity contribution in [2.75, 3.05) is 139 Å². The van der Waals surface area contributed by atoms with Gasteiger partial charge in [-0.2, -0.15) is 0 Å². The third-order valence-electron chi connectivity index (χ3n) is 16.5. The minimum Gasteiger partial charge on any atom is -0.379 e. The van der Waals surface area contributed by atoms with Crippen LogP contribution in [-0.2, 0) is 57.9 Å². The summed E-state index contributed by atoms with van der Waals surface area (Å²) in [5, 5.41) is 6.53. The number of piperazine rings is 1. The summed E-state index contributed by atoms with van der Waals surface area (Å²) in [5.74, 6) is -0.729. The van der Waals surface area contributed by atoms with Gasteiger partial charge in [0.15, 0.2) is 0 Å². The highest BCUT2D eigenvalue weighted by atomic mass is 35.5. The zero-order chi connectivity index (χ0) is 67.0. The van der Waals surface area contributed by atoms with Crippen LogP contribution in [0.4, 0.5) is 4.39 Å². The Balaban J connectivity index is 0.872. The number of nitrogens with one attached hydrogen (secondary N) is 2. The first-order chi connectivity index (χ1) is 44.2. The van der Waals surface area contributed by atoms with Gasteiger partial charge in [-0.25, -0.2) is 9.37 Å². The molecule has 1 aliphatic rings. The van der Waals surface area contributed by atoms with E-state index in [1.807, 2.05) is 63.4 Å². The predicted molar refractivity (Wildman–Crippen MR) is 360 cm³/mol. The fourth-order valence-electron chi connectivity index (χ4n) is 10.9. The number of pyridine rings is 1. The fourth-order valence-corrected chi connectivity index (χ4v) is 11.0. The van der Waals surface area contributed by atoms with Crippen LogP contribution in [0.3, 0.4) is 0 Å². The number of benzene rings is 1. The molecule has 1 saturated heterocycles. The van der Waals surface area contributed by atoms with Gasteiger partial charge in [0.05, 0.1) is 96.3 Å². The molecule has 0 spiro atoms. The van der Waals surface area contributed by atoms with E-state index in [0.717, 1.165) is 49.5 Å². The third-order valence-corrected chi connectivity index (χ3v) is 16.9. The zero-order valence-electron chi connectivity index (χ0n) is 57.3. The summed E-state index contributed by atoms with van der Waals surface area (Å²) >= 11 is 5.98. The molecular weight excluding hydrogens is 1200 g/mol. The van der Waals surface area contributed by atoms with Crippen molar-refractivity contribution >= 4 is 58.1 Å². The van der Waals surface area contributed by atoms with E-state index in [2.05, 4.69) is 17.6 Å². The van der Waals surface area contributed by atoms with Gasteiger partial charge in [0.2, 0.25) is 29.5 Å². The van der Waals surface area contributed by atoms with E-state index < -0.39 is 11.4 Å². The molecule has 0 saturated carbocycles. The number of amides is 6. The highest BCUT2D eigenvalue weighted by molar-refractivity contribution is 6.30. The number of likely N-dealkylation sites (N-methyl/N-ethyl adjacent to an activating group) is 2. The Bertz CT molecular complexity index is 2640. The molecule has 3 heterocycles. The topological polar surface area (TPSA) is 213 Å². The number of fused-ring (bicyclic) bond motifs is 1. The fraction of sp³-hybridized carbons (Fsp3) is 0.729. The van der Waals surface area contributed by atoms with E-state index in [1.54, 1.807) is 33.9 Å². The molecule has 92 heavy (non-hydrogen) atoms. The van der Waals surface area contributed by atoms with Gasteiger partial charge in [-0.05, 0) is 83.7 Å². The number of aromatic nitrogens is 2. The summed E-state index contributed by atoms with van der Waals surface area (Å²) in [6.45, 7) is 19.5. The first-order valence-corrected chi connectivity index (χ1v) is 34.7. The number of ether oxygens (including phenoxy) is 6. The van der Waals surface area contributed by atoms with Crippen molar-refractivity contribution in [1.29, 1.82) is 0 Å². The number of carbonyl (C=O) groups is 6. The average molecular weight is 1310 g/mol. The maximum atomic E-state index is 14.5. The van der Waals surface area contributed by atoms with Crippen LogP contribution in [0.2, 0.25) is 5.02 Å². The Kier molecular flexibility index (Phi) is 38.8. The molecule has 0 unspecified atom stereocenters. The molecule has 20 nitrogen and oxygen atoms in total. The Hall–Kier alpha value is -5.29. The minimum atomic E-state index is -0.634. The molecule has 1 fully saturated rings. The normalized spacial score (nSPS) is 13.2. The largest absolute Gasteiger partial charge is 0.379 e. The van der Waals surface area contributed by atoms with E-state index in [4.69, 9.17) is 45.0 Å². The summed E-state index contributed by atoms with van der Waals surface area (Å²) in [6.07, 6.45) is 23.5. The molecule has 2 aromatic heterocycles. The molecular formula is C70H114ClFN8O12. The average Bonchev–Trinajstić information content (AvgIpc) is 1.56. The summed E-state index contributed by atoms with van der Waals surface area (Å²) in [4.78, 5) is 89.0. The lowest BCUT2D eigenvalue weighted by Gasteiger charge is -2.47. The second-order valence-electron chi connectivity index (χ2n) is 25.8. The summed E-state index contributed by atoms with van der Waals surface area (Å²) < 4.78 is 49.8. The minimum absolute atomic E-state index is 0.0248. The van der Waals surface area contributed by atoms with Crippen molar-refractivity contribution in [3.8, 4) is 11.1 Å². The van der Waals surface area contributed by atoms with Crippen LogP contribution < -0.4 is 10.6 Å². The van der Waals surface area contributed by atoms with E-state index in [0.29, 0.717) is 155 Å². The molecule has 1 aliphatic heterocycles. The molecule has 0 atom stereocenters. The SMILES string of the molecule is CCCCCCCCCCCCCCCC(=O)N(C)CCN(C)C(=O)CCOCCOCCOCCNC(=O)CCOCCOCCOCCNC(=O)CCCCCCC(=O)N1CCN(C(=O)c2ccc3c(-c4ccc(Cl)c(F)c4)cn(C(C)(C)C)c3n2)C(C)(C)C1. The van der Waals surface area contributed by atoms with Gasteiger partial charge in [0, 0.05) is 108 Å². The van der Waals surface area contributed by atoms with E-state index >= 15 is 0 Å². The van der Waals surface area contributed by atoms with Crippen LogP contribution in [0.5, 0.6) is 0 Å². The molecule has 0 bridgehead atoms. The number of halogens is 2.